The van der Waals surface area contributed by atoms with Gasteiger partial charge in [-0.25, -0.2) is 17.2 Å². The number of esters is 1. The fourth-order valence-electron chi connectivity index (χ4n) is 3.24. The Morgan fingerprint density at radius 1 is 1.07 bits per heavy atom. The lowest BCUT2D eigenvalue weighted by atomic mass is 9.98. The third kappa shape index (κ3) is 5.34. The fourth-order valence-corrected chi connectivity index (χ4v) is 4.73. The molecule has 1 aliphatic heterocycles. The van der Waals surface area contributed by atoms with Crippen LogP contribution < -0.4 is 4.74 Å². The molecular weight excluding hydrogens is 416 g/mol. The van der Waals surface area contributed by atoms with Gasteiger partial charge in [-0.2, -0.15) is 4.31 Å². The topological polar surface area (TPSA) is 72.9 Å². The van der Waals surface area contributed by atoms with Gasteiger partial charge in [0.05, 0.1) is 10.8 Å². The van der Waals surface area contributed by atoms with Crippen molar-refractivity contribution in [3.63, 3.8) is 0 Å². The van der Waals surface area contributed by atoms with Crippen LogP contribution in [0.4, 0.5) is 8.78 Å². The molecule has 0 N–H and O–H groups in total. The maximum atomic E-state index is 13.4. The highest BCUT2D eigenvalue weighted by molar-refractivity contribution is 7.89. The van der Waals surface area contributed by atoms with Crippen LogP contribution in [0.3, 0.4) is 0 Å². The minimum Gasteiger partial charge on any atom is -0.490 e. The molecule has 0 spiro atoms. The summed E-state index contributed by atoms with van der Waals surface area (Å²) in [4.78, 5) is 11.9. The quantitative estimate of drug-likeness (QED) is 0.489. The number of ether oxygens (including phenoxy) is 2. The van der Waals surface area contributed by atoms with Gasteiger partial charge in [0.15, 0.2) is 11.6 Å². The number of carbonyl (C=O) groups is 1. The lowest BCUT2D eigenvalue weighted by Crippen LogP contribution is -2.40. The summed E-state index contributed by atoms with van der Waals surface area (Å²) in [5, 5.41) is 0. The van der Waals surface area contributed by atoms with E-state index in [4.69, 9.17) is 9.47 Å². The van der Waals surface area contributed by atoms with Gasteiger partial charge in [-0.05, 0) is 55.7 Å². The molecule has 0 radical (unpaired) electrons. The summed E-state index contributed by atoms with van der Waals surface area (Å²) in [5.74, 6) is -2.45. The molecule has 3 rings (SSSR count). The molecule has 30 heavy (non-hydrogen) atoms. The maximum absolute atomic E-state index is 13.4. The number of hydrogen-bond acceptors (Lipinski definition) is 5. The summed E-state index contributed by atoms with van der Waals surface area (Å²) in [6, 6.07) is 10.0. The molecule has 0 atom stereocenters. The average Bonchev–Trinajstić information content (AvgIpc) is 2.73. The molecule has 0 aromatic heterocycles. The van der Waals surface area contributed by atoms with Gasteiger partial charge in [0.1, 0.15) is 19.0 Å². The van der Waals surface area contributed by atoms with Crippen LogP contribution in [-0.4, -0.2) is 45.0 Å². The molecule has 162 valence electrons. The van der Waals surface area contributed by atoms with Crippen molar-refractivity contribution in [2.45, 2.75) is 24.7 Å². The molecule has 0 bridgehead atoms. The number of nitrogens with zero attached hydrogens (tertiary/aromatic N) is 1. The number of hydrogen-bond donors (Lipinski definition) is 0. The lowest BCUT2D eigenvalue weighted by molar-refractivity contribution is -0.150. The van der Waals surface area contributed by atoms with Gasteiger partial charge in [0.2, 0.25) is 10.0 Å². The van der Waals surface area contributed by atoms with Crippen LogP contribution in [0.2, 0.25) is 0 Å². The second kappa shape index (κ2) is 9.53. The molecule has 2 aromatic rings. The third-order valence-corrected chi connectivity index (χ3v) is 6.80. The Balaban J connectivity index is 1.46. The number of benzene rings is 2. The SMILES string of the molecule is Cc1cccc(OCCOC(=O)C2CCN(S(=O)(=O)c3ccc(F)c(F)c3)CC2)c1. The number of carbonyl (C=O) groups excluding carboxylic acids is 1. The predicted molar refractivity (Wildman–Crippen MR) is 105 cm³/mol. The Morgan fingerprint density at radius 2 is 1.80 bits per heavy atom. The monoisotopic (exact) mass is 439 g/mol. The third-order valence-electron chi connectivity index (χ3n) is 4.90. The van der Waals surface area contributed by atoms with Crippen LogP contribution in [0, 0.1) is 24.5 Å². The highest BCUT2D eigenvalue weighted by atomic mass is 32.2. The molecule has 0 amide bonds. The van der Waals surface area contributed by atoms with Crippen molar-refractivity contribution in [1.82, 2.24) is 4.31 Å². The first kappa shape index (κ1) is 22.2. The first-order valence-electron chi connectivity index (χ1n) is 9.58. The van der Waals surface area contributed by atoms with Gasteiger partial charge in [-0.15, -0.1) is 0 Å². The van der Waals surface area contributed by atoms with E-state index in [0.717, 1.165) is 17.7 Å². The van der Waals surface area contributed by atoms with E-state index in [1.165, 1.54) is 4.31 Å². The Bertz CT molecular complexity index is 1000. The highest BCUT2D eigenvalue weighted by Gasteiger charge is 2.33. The largest absolute Gasteiger partial charge is 0.490 e. The van der Waals surface area contributed by atoms with Crippen LogP contribution in [-0.2, 0) is 19.6 Å². The second-order valence-corrected chi connectivity index (χ2v) is 9.02. The number of halogens is 2. The van der Waals surface area contributed by atoms with Crippen molar-refractivity contribution < 1.29 is 31.5 Å². The minimum absolute atomic E-state index is 0.0974. The second-order valence-electron chi connectivity index (χ2n) is 7.09. The first-order valence-corrected chi connectivity index (χ1v) is 11.0. The molecule has 1 aliphatic rings. The zero-order chi connectivity index (χ0) is 21.7. The molecular formula is C21H23F2NO5S. The lowest BCUT2D eigenvalue weighted by Gasteiger charge is -2.30. The van der Waals surface area contributed by atoms with E-state index in [2.05, 4.69) is 0 Å². The summed E-state index contributed by atoms with van der Waals surface area (Å²) < 4.78 is 63.6. The van der Waals surface area contributed by atoms with Crippen LogP contribution in [0.15, 0.2) is 47.4 Å². The molecule has 1 fully saturated rings. The number of aryl methyl sites for hydroxylation is 1. The van der Waals surface area contributed by atoms with E-state index in [9.17, 15) is 22.0 Å². The Morgan fingerprint density at radius 3 is 2.47 bits per heavy atom. The molecule has 1 saturated heterocycles. The minimum atomic E-state index is -3.95. The molecule has 9 heteroatoms. The van der Waals surface area contributed by atoms with Crippen molar-refractivity contribution in [3.8, 4) is 5.75 Å². The van der Waals surface area contributed by atoms with Gasteiger partial charge in [0.25, 0.3) is 0 Å². The van der Waals surface area contributed by atoms with E-state index < -0.39 is 33.5 Å². The van der Waals surface area contributed by atoms with Crippen molar-refractivity contribution >= 4 is 16.0 Å². The van der Waals surface area contributed by atoms with Gasteiger partial charge in [-0.1, -0.05) is 12.1 Å². The van der Waals surface area contributed by atoms with E-state index >= 15 is 0 Å². The van der Waals surface area contributed by atoms with Crippen molar-refractivity contribution in [3.05, 3.63) is 59.7 Å². The number of sulfonamides is 1. The first-order chi connectivity index (χ1) is 14.3. The Kier molecular flexibility index (Phi) is 7.04. The smallest absolute Gasteiger partial charge is 0.309 e. The van der Waals surface area contributed by atoms with E-state index in [1.807, 2.05) is 31.2 Å². The van der Waals surface area contributed by atoms with E-state index in [-0.39, 0.29) is 31.2 Å². The van der Waals surface area contributed by atoms with Crippen molar-refractivity contribution in [1.29, 1.82) is 0 Å². The van der Waals surface area contributed by atoms with Gasteiger partial charge < -0.3 is 9.47 Å². The van der Waals surface area contributed by atoms with Crippen LogP contribution >= 0.6 is 0 Å². The Labute approximate surface area is 174 Å². The normalized spacial score (nSPS) is 15.7. The summed E-state index contributed by atoms with van der Waals surface area (Å²) in [7, 11) is -3.95. The van der Waals surface area contributed by atoms with E-state index in [0.29, 0.717) is 24.7 Å². The summed E-state index contributed by atoms with van der Waals surface area (Å²) in [6.07, 6.45) is 0.584. The summed E-state index contributed by atoms with van der Waals surface area (Å²) >= 11 is 0. The van der Waals surface area contributed by atoms with Crippen molar-refractivity contribution in [2.24, 2.45) is 5.92 Å². The molecule has 6 nitrogen and oxygen atoms in total. The molecule has 0 aliphatic carbocycles. The Hall–Kier alpha value is -2.52. The molecule has 0 unspecified atom stereocenters. The number of piperidine rings is 1. The molecule has 0 saturated carbocycles. The van der Waals surface area contributed by atoms with Gasteiger partial charge in [-0.3, -0.25) is 4.79 Å². The molecule has 2 aromatic carbocycles. The van der Waals surface area contributed by atoms with Crippen LogP contribution in [0.1, 0.15) is 18.4 Å². The fraction of sp³-hybridized carbons (Fsp3) is 0.381. The highest BCUT2D eigenvalue weighted by Crippen LogP contribution is 2.25. The van der Waals surface area contributed by atoms with Crippen molar-refractivity contribution in [2.75, 3.05) is 26.3 Å². The number of rotatable bonds is 7. The summed E-state index contributed by atoms with van der Waals surface area (Å²) in [5.41, 5.74) is 1.06. The zero-order valence-electron chi connectivity index (χ0n) is 16.5. The van der Waals surface area contributed by atoms with Gasteiger partial charge in [0, 0.05) is 13.1 Å². The molecule has 1 heterocycles. The standard InChI is InChI=1S/C21H23F2NO5S/c1-15-3-2-4-17(13-15)28-11-12-29-21(25)16-7-9-24(10-8-16)30(26,27)18-5-6-19(22)20(23)14-18/h2-6,13-14,16H,7-12H2,1H3. The van der Waals surface area contributed by atoms with Crippen LogP contribution in [0.25, 0.3) is 0 Å². The van der Waals surface area contributed by atoms with Gasteiger partial charge >= 0.3 is 5.97 Å². The van der Waals surface area contributed by atoms with E-state index in [1.54, 1.807) is 0 Å². The summed E-state index contributed by atoms with van der Waals surface area (Å²) in [6.45, 7) is 2.46. The average molecular weight is 439 g/mol. The van der Waals surface area contributed by atoms with Crippen LogP contribution in [0.5, 0.6) is 5.75 Å². The zero-order valence-corrected chi connectivity index (χ0v) is 17.3. The predicted octanol–water partition coefficient (Wildman–Crippen LogP) is 3.30. The maximum Gasteiger partial charge on any atom is 0.309 e.